The normalized spacial score (nSPS) is 13.8. The Labute approximate surface area is 118 Å². The van der Waals surface area contributed by atoms with Gasteiger partial charge in [-0.05, 0) is 17.9 Å². The first-order valence-electron chi connectivity index (χ1n) is 6.56. The van der Waals surface area contributed by atoms with Crippen LogP contribution in [0, 0.1) is 5.92 Å². The molecule has 1 amide bonds. The summed E-state index contributed by atoms with van der Waals surface area (Å²) in [5, 5.41) is 11.7. The lowest BCUT2D eigenvalue weighted by Gasteiger charge is -2.20. The second-order valence-electron chi connectivity index (χ2n) is 5.06. The summed E-state index contributed by atoms with van der Waals surface area (Å²) in [6.07, 6.45) is -0.419. The van der Waals surface area contributed by atoms with Crippen molar-refractivity contribution >= 4 is 11.9 Å². The zero-order chi connectivity index (χ0) is 15.1. The second-order valence-corrected chi connectivity index (χ2v) is 5.06. The Hall–Kier alpha value is -1.88. The third kappa shape index (κ3) is 4.66. The molecule has 1 aromatic carbocycles. The Morgan fingerprint density at radius 1 is 1.25 bits per heavy atom. The summed E-state index contributed by atoms with van der Waals surface area (Å²) in [5.74, 6) is -1.30. The molecule has 0 aliphatic rings. The average Bonchev–Trinajstić information content (AvgIpc) is 2.39. The van der Waals surface area contributed by atoms with Crippen LogP contribution in [0.2, 0.25) is 0 Å². The number of rotatable bonds is 7. The summed E-state index contributed by atoms with van der Waals surface area (Å²) >= 11 is 0. The van der Waals surface area contributed by atoms with Crippen molar-refractivity contribution in [1.29, 1.82) is 0 Å². The van der Waals surface area contributed by atoms with Crippen LogP contribution in [-0.4, -0.2) is 30.1 Å². The summed E-state index contributed by atoms with van der Waals surface area (Å²) in [6.45, 7) is 3.82. The van der Waals surface area contributed by atoms with Gasteiger partial charge in [0, 0.05) is 7.11 Å². The first-order valence-corrected chi connectivity index (χ1v) is 6.56. The zero-order valence-electron chi connectivity index (χ0n) is 12.0. The van der Waals surface area contributed by atoms with Crippen molar-refractivity contribution in [3.05, 3.63) is 35.9 Å². The number of carboxylic acid groups (broad SMARTS) is 1. The first kappa shape index (κ1) is 16.2. The van der Waals surface area contributed by atoms with Crippen LogP contribution in [0.25, 0.3) is 0 Å². The van der Waals surface area contributed by atoms with Crippen molar-refractivity contribution < 1.29 is 19.4 Å². The molecule has 2 atom stereocenters. The second kappa shape index (κ2) is 7.65. The molecular formula is C15H21NO4. The Balaban J connectivity index is 2.78. The maximum absolute atomic E-state index is 12.2. The number of hydrogen-bond acceptors (Lipinski definition) is 3. The molecule has 0 aliphatic carbocycles. The van der Waals surface area contributed by atoms with Crippen LogP contribution in [0.15, 0.2) is 30.3 Å². The van der Waals surface area contributed by atoms with Crippen molar-refractivity contribution in [2.24, 2.45) is 5.92 Å². The van der Waals surface area contributed by atoms with Crippen molar-refractivity contribution in [1.82, 2.24) is 5.32 Å². The van der Waals surface area contributed by atoms with Gasteiger partial charge in [-0.2, -0.15) is 0 Å². The molecule has 110 valence electrons. The number of benzene rings is 1. The molecular weight excluding hydrogens is 258 g/mol. The highest BCUT2D eigenvalue weighted by Gasteiger charge is 2.26. The van der Waals surface area contributed by atoms with Gasteiger partial charge in [-0.3, -0.25) is 4.79 Å². The standard InChI is InChI=1S/C15H21NO4/c1-10(2)9-12(15(18)19)16-14(17)13(20-3)11-7-5-4-6-8-11/h4-8,10,12-13H,9H2,1-3H3,(H,16,17)(H,18,19)/t12-,13+/m0/s1. The van der Waals surface area contributed by atoms with E-state index in [4.69, 9.17) is 9.84 Å². The first-order chi connectivity index (χ1) is 9.45. The highest BCUT2D eigenvalue weighted by Crippen LogP contribution is 2.17. The van der Waals surface area contributed by atoms with E-state index in [0.717, 1.165) is 0 Å². The smallest absolute Gasteiger partial charge is 0.326 e. The SMILES string of the molecule is CO[C@@H](C(=O)N[C@@H](CC(C)C)C(=O)O)c1ccccc1. The molecule has 0 unspecified atom stereocenters. The van der Waals surface area contributed by atoms with Crippen LogP contribution in [0.4, 0.5) is 0 Å². The topological polar surface area (TPSA) is 75.6 Å². The lowest BCUT2D eigenvalue weighted by atomic mass is 10.0. The number of aliphatic carboxylic acids is 1. The number of hydrogen-bond donors (Lipinski definition) is 2. The molecule has 5 nitrogen and oxygen atoms in total. The number of methoxy groups -OCH3 is 1. The molecule has 1 aromatic rings. The van der Waals surface area contributed by atoms with E-state index in [1.54, 1.807) is 24.3 Å². The number of amides is 1. The number of carboxylic acids is 1. The predicted octanol–water partition coefficient (Wildman–Crippen LogP) is 1.99. The molecule has 0 bridgehead atoms. The predicted molar refractivity (Wildman–Crippen MR) is 75.2 cm³/mol. The van der Waals surface area contributed by atoms with Crippen LogP contribution in [0.1, 0.15) is 31.9 Å². The zero-order valence-corrected chi connectivity index (χ0v) is 12.0. The summed E-state index contributed by atoms with van der Waals surface area (Å²) in [6, 6.07) is 8.09. The van der Waals surface area contributed by atoms with Crippen LogP contribution in [0.3, 0.4) is 0 Å². The fourth-order valence-corrected chi connectivity index (χ4v) is 1.96. The van der Waals surface area contributed by atoms with Gasteiger partial charge in [0.05, 0.1) is 0 Å². The minimum absolute atomic E-state index is 0.175. The molecule has 0 spiro atoms. The molecule has 1 rings (SSSR count). The molecule has 0 saturated carbocycles. The minimum atomic E-state index is -1.03. The largest absolute Gasteiger partial charge is 0.480 e. The van der Waals surface area contributed by atoms with E-state index in [0.29, 0.717) is 12.0 Å². The molecule has 0 fully saturated rings. The van der Waals surface area contributed by atoms with E-state index < -0.39 is 24.0 Å². The van der Waals surface area contributed by atoms with Gasteiger partial charge in [-0.1, -0.05) is 44.2 Å². The van der Waals surface area contributed by atoms with E-state index in [-0.39, 0.29) is 5.92 Å². The summed E-state index contributed by atoms with van der Waals surface area (Å²) < 4.78 is 5.18. The van der Waals surface area contributed by atoms with Gasteiger partial charge in [0.1, 0.15) is 6.04 Å². The molecule has 2 N–H and O–H groups in total. The highest BCUT2D eigenvalue weighted by atomic mass is 16.5. The number of carbonyl (C=O) groups is 2. The van der Waals surface area contributed by atoms with E-state index in [9.17, 15) is 9.59 Å². The number of nitrogens with one attached hydrogen (secondary N) is 1. The number of ether oxygens (including phenoxy) is 1. The van der Waals surface area contributed by atoms with Crippen LogP contribution >= 0.6 is 0 Å². The van der Waals surface area contributed by atoms with Crippen molar-refractivity contribution in [3.8, 4) is 0 Å². The number of carbonyl (C=O) groups excluding carboxylic acids is 1. The Morgan fingerprint density at radius 3 is 2.30 bits per heavy atom. The monoisotopic (exact) mass is 279 g/mol. The van der Waals surface area contributed by atoms with E-state index >= 15 is 0 Å². The van der Waals surface area contributed by atoms with E-state index in [2.05, 4.69) is 5.32 Å². The maximum Gasteiger partial charge on any atom is 0.326 e. The average molecular weight is 279 g/mol. The Morgan fingerprint density at radius 2 is 1.85 bits per heavy atom. The quantitative estimate of drug-likeness (QED) is 0.800. The minimum Gasteiger partial charge on any atom is -0.480 e. The Kier molecular flexibility index (Phi) is 6.18. The van der Waals surface area contributed by atoms with Crippen LogP contribution in [-0.2, 0) is 14.3 Å². The van der Waals surface area contributed by atoms with Crippen LogP contribution < -0.4 is 5.32 Å². The van der Waals surface area contributed by atoms with Gasteiger partial charge in [-0.15, -0.1) is 0 Å². The van der Waals surface area contributed by atoms with Crippen LogP contribution in [0.5, 0.6) is 0 Å². The molecule has 0 saturated heterocycles. The van der Waals surface area contributed by atoms with Gasteiger partial charge < -0.3 is 15.2 Å². The lowest BCUT2D eigenvalue weighted by molar-refractivity contribution is -0.144. The van der Waals surface area contributed by atoms with Gasteiger partial charge in [0.15, 0.2) is 6.10 Å². The van der Waals surface area contributed by atoms with Gasteiger partial charge in [0.25, 0.3) is 5.91 Å². The van der Waals surface area contributed by atoms with E-state index in [1.165, 1.54) is 7.11 Å². The van der Waals surface area contributed by atoms with Gasteiger partial charge >= 0.3 is 5.97 Å². The third-order valence-electron chi connectivity index (χ3n) is 2.90. The molecule has 0 aliphatic heterocycles. The summed E-state index contributed by atoms with van der Waals surface area (Å²) in [7, 11) is 1.43. The lowest BCUT2D eigenvalue weighted by Crippen LogP contribution is -2.44. The molecule has 5 heteroatoms. The molecule has 0 heterocycles. The fourth-order valence-electron chi connectivity index (χ4n) is 1.96. The van der Waals surface area contributed by atoms with Gasteiger partial charge in [0.2, 0.25) is 0 Å². The van der Waals surface area contributed by atoms with Crippen molar-refractivity contribution in [3.63, 3.8) is 0 Å². The summed E-state index contributed by atoms with van der Waals surface area (Å²) in [4.78, 5) is 23.3. The maximum atomic E-state index is 12.2. The van der Waals surface area contributed by atoms with Gasteiger partial charge in [-0.25, -0.2) is 4.79 Å². The third-order valence-corrected chi connectivity index (χ3v) is 2.90. The van der Waals surface area contributed by atoms with E-state index in [1.807, 2.05) is 19.9 Å². The molecule has 20 heavy (non-hydrogen) atoms. The van der Waals surface area contributed by atoms with Crippen molar-refractivity contribution in [2.45, 2.75) is 32.4 Å². The highest BCUT2D eigenvalue weighted by molar-refractivity contribution is 5.87. The molecule has 0 aromatic heterocycles. The summed E-state index contributed by atoms with van der Waals surface area (Å²) in [5.41, 5.74) is 0.696. The Bertz CT molecular complexity index is 444. The fraction of sp³-hybridized carbons (Fsp3) is 0.467. The molecule has 0 radical (unpaired) electrons. The van der Waals surface area contributed by atoms with Crippen molar-refractivity contribution in [2.75, 3.05) is 7.11 Å².